The molecule has 0 unspecified atom stereocenters. The van der Waals surface area contributed by atoms with Gasteiger partial charge in [-0.15, -0.1) is 0 Å². The minimum Gasteiger partial charge on any atom is -0.493 e. The molecular weight excluding hydrogens is 600 g/mol. The summed E-state index contributed by atoms with van der Waals surface area (Å²) >= 11 is 0. The van der Waals surface area contributed by atoms with Crippen LogP contribution in [0.5, 0.6) is 11.5 Å². The molecule has 2 N–H and O–H groups in total. The summed E-state index contributed by atoms with van der Waals surface area (Å²) in [6.07, 6.45) is -0.292. The van der Waals surface area contributed by atoms with E-state index >= 15 is 0 Å². The van der Waals surface area contributed by atoms with Crippen molar-refractivity contribution < 1.29 is 37.3 Å². The third-order valence-electron chi connectivity index (χ3n) is 7.67. The molecular formula is C32H48N4O8S. The molecule has 0 aromatic heterocycles. The van der Waals surface area contributed by atoms with Crippen LogP contribution in [0.4, 0.5) is 0 Å². The third kappa shape index (κ3) is 10.4. The summed E-state index contributed by atoms with van der Waals surface area (Å²) in [5.41, 5.74) is 0.865. The van der Waals surface area contributed by atoms with E-state index < -0.39 is 22.2 Å². The van der Waals surface area contributed by atoms with Crippen LogP contribution in [0.15, 0.2) is 53.4 Å². The number of carbonyl (C=O) groups is 2. The first-order valence-corrected chi connectivity index (χ1v) is 16.5. The standard InChI is InChI=1S/C32H48N4O8S/c1-23(2)18-36(45(40,41)26-12-13-29(42-5)30(17-26)43-6)19-28(37)27(16-24-10-8-7-9-11-24)33-31(38)20-35(21-32(39)34(3)4)25-14-15-44-22-25/h7-13,17,23,25,27-28,37H,14-16,18-22H2,1-6H3,(H,33,38)/t25-,27-,28+/m0/s1. The predicted molar refractivity (Wildman–Crippen MR) is 171 cm³/mol. The smallest absolute Gasteiger partial charge is 0.243 e. The number of likely N-dealkylation sites (N-methyl/N-ethyl adjacent to an activating group) is 1. The first kappa shape index (κ1) is 36.2. The monoisotopic (exact) mass is 648 g/mol. The van der Waals surface area contributed by atoms with Gasteiger partial charge >= 0.3 is 0 Å². The van der Waals surface area contributed by atoms with Gasteiger partial charge < -0.3 is 29.5 Å². The van der Waals surface area contributed by atoms with E-state index in [1.54, 1.807) is 19.0 Å². The van der Waals surface area contributed by atoms with Gasteiger partial charge in [0.05, 0.1) is 51.0 Å². The van der Waals surface area contributed by atoms with Crippen LogP contribution < -0.4 is 14.8 Å². The zero-order chi connectivity index (χ0) is 33.1. The first-order valence-electron chi connectivity index (χ1n) is 15.1. The molecule has 0 radical (unpaired) electrons. The molecule has 13 heteroatoms. The lowest BCUT2D eigenvalue weighted by Gasteiger charge is -2.32. The lowest BCUT2D eigenvalue weighted by Crippen LogP contribution is -2.54. The van der Waals surface area contributed by atoms with Crippen LogP contribution in [0.3, 0.4) is 0 Å². The summed E-state index contributed by atoms with van der Waals surface area (Å²) in [6, 6.07) is 12.8. The summed E-state index contributed by atoms with van der Waals surface area (Å²) in [5.74, 6) is 0.0865. The van der Waals surface area contributed by atoms with Crippen molar-refractivity contribution in [3.63, 3.8) is 0 Å². The molecule has 0 saturated carbocycles. The number of methoxy groups -OCH3 is 2. The minimum absolute atomic E-state index is 0.00312. The van der Waals surface area contributed by atoms with Crippen LogP contribution in [-0.4, -0.2) is 125 Å². The van der Waals surface area contributed by atoms with Gasteiger partial charge in [-0.2, -0.15) is 4.31 Å². The molecule has 2 aromatic carbocycles. The fourth-order valence-electron chi connectivity index (χ4n) is 5.17. The third-order valence-corrected chi connectivity index (χ3v) is 9.50. The predicted octanol–water partition coefficient (Wildman–Crippen LogP) is 1.62. The number of hydrogen-bond acceptors (Lipinski definition) is 9. The fourth-order valence-corrected chi connectivity index (χ4v) is 6.80. The largest absolute Gasteiger partial charge is 0.493 e. The van der Waals surface area contributed by atoms with Crippen molar-refractivity contribution in [1.29, 1.82) is 0 Å². The number of aliphatic hydroxyl groups excluding tert-OH is 1. The number of aliphatic hydroxyl groups is 1. The highest BCUT2D eigenvalue weighted by molar-refractivity contribution is 7.89. The highest BCUT2D eigenvalue weighted by Gasteiger charge is 2.33. The summed E-state index contributed by atoms with van der Waals surface area (Å²) < 4.78 is 45.2. The topological polar surface area (TPSA) is 138 Å². The Morgan fingerprint density at radius 3 is 2.29 bits per heavy atom. The summed E-state index contributed by atoms with van der Waals surface area (Å²) in [6.45, 7) is 4.61. The van der Waals surface area contributed by atoms with E-state index in [2.05, 4.69) is 5.32 Å². The van der Waals surface area contributed by atoms with Crippen molar-refractivity contribution in [2.75, 3.05) is 67.7 Å². The molecule has 1 saturated heterocycles. The Morgan fingerprint density at radius 1 is 1.02 bits per heavy atom. The van der Waals surface area contributed by atoms with Crippen LogP contribution in [0.25, 0.3) is 0 Å². The molecule has 0 spiro atoms. The summed E-state index contributed by atoms with van der Waals surface area (Å²) in [7, 11) is 2.15. The molecule has 3 rings (SSSR count). The molecule has 12 nitrogen and oxygen atoms in total. The second-order valence-electron chi connectivity index (χ2n) is 11.9. The zero-order valence-corrected chi connectivity index (χ0v) is 28.0. The average Bonchev–Trinajstić information content (AvgIpc) is 3.55. The second kappa shape index (κ2) is 16.9. The van der Waals surface area contributed by atoms with Crippen LogP contribution >= 0.6 is 0 Å². The van der Waals surface area contributed by atoms with E-state index in [4.69, 9.17) is 14.2 Å². The number of nitrogens with zero attached hydrogens (tertiary/aromatic N) is 3. The molecule has 45 heavy (non-hydrogen) atoms. The Bertz CT molecular complexity index is 1350. The number of amides is 2. The molecule has 1 aliphatic heterocycles. The number of benzene rings is 2. The summed E-state index contributed by atoms with van der Waals surface area (Å²) in [5, 5.41) is 14.6. The van der Waals surface area contributed by atoms with Gasteiger partial charge in [0.1, 0.15) is 0 Å². The van der Waals surface area contributed by atoms with E-state index in [1.807, 2.05) is 44.2 Å². The van der Waals surface area contributed by atoms with Crippen molar-refractivity contribution in [2.24, 2.45) is 5.92 Å². The van der Waals surface area contributed by atoms with Gasteiger partial charge in [-0.25, -0.2) is 8.42 Å². The molecule has 0 bridgehead atoms. The highest BCUT2D eigenvalue weighted by atomic mass is 32.2. The zero-order valence-electron chi connectivity index (χ0n) is 27.1. The number of sulfonamides is 1. The van der Waals surface area contributed by atoms with Crippen LogP contribution in [-0.2, 0) is 30.8 Å². The minimum atomic E-state index is -4.07. The van der Waals surface area contributed by atoms with E-state index in [9.17, 15) is 23.1 Å². The maximum atomic E-state index is 13.9. The Balaban J connectivity index is 1.87. The Morgan fingerprint density at radius 2 is 1.71 bits per heavy atom. The van der Waals surface area contributed by atoms with E-state index in [0.717, 1.165) is 5.56 Å². The number of rotatable bonds is 17. The Kier molecular flexibility index (Phi) is 13.6. The van der Waals surface area contributed by atoms with Crippen molar-refractivity contribution in [2.45, 2.75) is 49.8 Å². The van der Waals surface area contributed by atoms with Gasteiger partial charge in [0, 0.05) is 45.9 Å². The van der Waals surface area contributed by atoms with Crippen LogP contribution in [0.2, 0.25) is 0 Å². The Labute approximate surface area is 267 Å². The number of nitrogens with one attached hydrogen (secondary N) is 1. The van der Waals surface area contributed by atoms with Crippen molar-refractivity contribution in [3.05, 3.63) is 54.1 Å². The van der Waals surface area contributed by atoms with Crippen LogP contribution in [0, 0.1) is 5.92 Å². The molecule has 2 amide bonds. The van der Waals surface area contributed by atoms with Crippen molar-refractivity contribution in [3.8, 4) is 11.5 Å². The lowest BCUT2D eigenvalue weighted by atomic mass is 10.0. The lowest BCUT2D eigenvalue weighted by molar-refractivity contribution is -0.132. The molecule has 3 atom stereocenters. The number of ether oxygens (including phenoxy) is 3. The molecule has 250 valence electrons. The van der Waals surface area contributed by atoms with E-state index in [-0.39, 0.29) is 67.0 Å². The number of hydrogen-bond donors (Lipinski definition) is 2. The van der Waals surface area contributed by atoms with Crippen molar-refractivity contribution >= 4 is 21.8 Å². The molecule has 1 heterocycles. The second-order valence-corrected chi connectivity index (χ2v) is 13.8. The molecule has 1 aliphatic rings. The van der Waals surface area contributed by atoms with Gasteiger partial charge in [-0.1, -0.05) is 44.2 Å². The van der Waals surface area contributed by atoms with Gasteiger partial charge in [0.25, 0.3) is 0 Å². The molecule has 0 aliphatic carbocycles. The van der Waals surface area contributed by atoms with E-state index in [0.29, 0.717) is 25.4 Å². The van der Waals surface area contributed by atoms with Crippen molar-refractivity contribution in [1.82, 2.24) is 19.4 Å². The highest BCUT2D eigenvalue weighted by Crippen LogP contribution is 2.31. The quantitative estimate of drug-likeness (QED) is 0.262. The number of carbonyl (C=O) groups excluding carboxylic acids is 2. The molecule has 1 fully saturated rings. The normalized spacial score (nSPS) is 16.5. The van der Waals surface area contributed by atoms with Gasteiger partial charge in [-0.05, 0) is 36.5 Å². The Hall–Kier alpha value is -3.23. The van der Waals surface area contributed by atoms with E-state index in [1.165, 1.54) is 41.6 Å². The van der Waals surface area contributed by atoms with Gasteiger partial charge in [-0.3, -0.25) is 14.5 Å². The fraction of sp³-hybridized carbons (Fsp3) is 0.562. The maximum Gasteiger partial charge on any atom is 0.243 e. The molecule has 2 aromatic rings. The van der Waals surface area contributed by atoms with Gasteiger partial charge in [0.2, 0.25) is 21.8 Å². The van der Waals surface area contributed by atoms with Gasteiger partial charge in [0.15, 0.2) is 11.5 Å². The first-order chi connectivity index (χ1) is 21.3. The maximum absolute atomic E-state index is 13.9. The SMILES string of the molecule is COc1ccc(S(=O)(=O)N(CC(C)C)C[C@@H](O)[C@H](Cc2ccccc2)NC(=O)CN(CC(=O)N(C)C)[C@H]2CCOC2)cc1OC. The van der Waals surface area contributed by atoms with Crippen LogP contribution in [0.1, 0.15) is 25.8 Å². The average molecular weight is 649 g/mol. The summed E-state index contributed by atoms with van der Waals surface area (Å²) in [4.78, 5) is 29.3.